The van der Waals surface area contributed by atoms with Gasteiger partial charge in [0.2, 0.25) is 5.91 Å². The van der Waals surface area contributed by atoms with Crippen LogP contribution in [0.15, 0.2) is 36.8 Å². The lowest BCUT2D eigenvalue weighted by Gasteiger charge is -2.30. The van der Waals surface area contributed by atoms with Gasteiger partial charge in [0.1, 0.15) is 6.33 Å². The fourth-order valence-corrected chi connectivity index (χ4v) is 4.16. The zero-order valence-electron chi connectivity index (χ0n) is 18.8. The van der Waals surface area contributed by atoms with Crippen LogP contribution < -0.4 is 5.32 Å². The number of nitrogens with one attached hydrogen (secondary N) is 1. The van der Waals surface area contributed by atoms with Crippen molar-refractivity contribution < 1.29 is 4.79 Å². The highest BCUT2D eigenvalue weighted by Crippen LogP contribution is 2.32. The van der Waals surface area contributed by atoms with Gasteiger partial charge >= 0.3 is 0 Å². The molecular formula is C24H34N6O. The summed E-state index contributed by atoms with van der Waals surface area (Å²) in [4.78, 5) is 27.9. The topological polar surface area (TPSA) is 64.6 Å². The molecule has 1 aromatic heterocycles. The van der Waals surface area contributed by atoms with Crippen LogP contribution in [0.1, 0.15) is 29.7 Å². The van der Waals surface area contributed by atoms with Crippen LogP contribution in [0.2, 0.25) is 0 Å². The Labute approximate surface area is 185 Å². The third-order valence-corrected chi connectivity index (χ3v) is 6.15. The van der Waals surface area contributed by atoms with Gasteiger partial charge in [-0.1, -0.05) is 12.1 Å². The molecule has 2 aliphatic rings. The Morgan fingerprint density at radius 3 is 2.84 bits per heavy atom. The predicted octanol–water partition coefficient (Wildman–Crippen LogP) is 2.25. The van der Waals surface area contributed by atoms with Gasteiger partial charge < -0.3 is 15.1 Å². The Kier molecular flexibility index (Phi) is 7.14. The van der Waals surface area contributed by atoms with Crippen LogP contribution in [0.3, 0.4) is 0 Å². The first kappa shape index (κ1) is 21.7. The fraction of sp³-hybridized carbons (Fsp3) is 0.542. The number of aromatic nitrogens is 2. The molecule has 2 heterocycles. The molecule has 4 rings (SSSR count). The van der Waals surface area contributed by atoms with Gasteiger partial charge in [0.25, 0.3) is 0 Å². The lowest BCUT2D eigenvalue weighted by Crippen LogP contribution is -2.39. The molecule has 1 fully saturated rings. The zero-order valence-corrected chi connectivity index (χ0v) is 18.8. The van der Waals surface area contributed by atoms with Crippen molar-refractivity contribution in [3.63, 3.8) is 0 Å². The SMILES string of the molecule is CN(C)CCN(Cc1ccncn1)C(=O)CNc1cccc2c1CCN(CC1CC1)C2. The van der Waals surface area contributed by atoms with Gasteiger partial charge in [-0.25, -0.2) is 9.97 Å². The molecule has 166 valence electrons. The lowest BCUT2D eigenvalue weighted by molar-refractivity contribution is -0.130. The lowest BCUT2D eigenvalue weighted by atomic mass is 9.97. The summed E-state index contributed by atoms with van der Waals surface area (Å²) in [5.74, 6) is 1.01. The van der Waals surface area contributed by atoms with Crippen LogP contribution in [-0.2, 0) is 24.3 Å². The van der Waals surface area contributed by atoms with Crippen molar-refractivity contribution in [1.29, 1.82) is 0 Å². The minimum atomic E-state index is 0.0873. The van der Waals surface area contributed by atoms with E-state index in [2.05, 4.69) is 43.3 Å². The molecule has 0 spiro atoms. The summed E-state index contributed by atoms with van der Waals surface area (Å²) in [6.07, 6.45) is 7.09. The Morgan fingerprint density at radius 1 is 1.23 bits per heavy atom. The number of carbonyl (C=O) groups is 1. The maximum absolute atomic E-state index is 13.1. The highest BCUT2D eigenvalue weighted by atomic mass is 16.2. The Bertz CT molecular complexity index is 868. The monoisotopic (exact) mass is 422 g/mol. The first-order valence-electron chi connectivity index (χ1n) is 11.3. The normalized spacial score (nSPS) is 16.2. The van der Waals surface area contributed by atoms with Crippen molar-refractivity contribution in [2.45, 2.75) is 32.4 Å². The van der Waals surface area contributed by atoms with E-state index in [0.717, 1.165) is 43.4 Å². The number of likely N-dealkylation sites (N-methyl/N-ethyl adjacent to an activating group) is 1. The Balaban J connectivity index is 1.38. The van der Waals surface area contributed by atoms with Gasteiger partial charge in [0.05, 0.1) is 18.8 Å². The van der Waals surface area contributed by atoms with E-state index in [4.69, 9.17) is 0 Å². The molecule has 1 amide bonds. The molecule has 31 heavy (non-hydrogen) atoms. The van der Waals surface area contributed by atoms with Crippen LogP contribution >= 0.6 is 0 Å². The molecule has 7 nitrogen and oxygen atoms in total. The van der Waals surface area contributed by atoms with E-state index in [1.165, 1.54) is 36.8 Å². The minimum Gasteiger partial charge on any atom is -0.376 e. The molecule has 1 saturated carbocycles. The highest BCUT2D eigenvalue weighted by molar-refractivity contribution is 5.81. The van der Waals surface area contributed by atoms with Crippen molar-refractivity contribution in [3.05, 3.63) is 53.6 Å². The van der Waals surface area contributed by atoms with Crippen LogP contribution in [-0.4, -0.2) is 77.4 Å². The third-order valence-electron chi connectivity index (χ3n) is 6.15. The summed E-state index contributed by atoms with van der Waals surface area (Å²) in [6, 6.07) is 8.32. The number of amides is 1. The van der Waals surface area contributed by atoms with Gasteiger partial charge in [-0.3, -0.25) is 9.69 Å². The second-order valence-electron chi connectivity index (χ2n) is 9.04. The maximum Gasteiger partial charge on any atom is 0.242 e. The van der Waals surface area contributed by atoms with Crippen molar-refractivity contribution >= 4 is 11.6 Å². The quantitative estimate of drug-likeness (QED) is 0.634. The van der Waals surface area contributed by atoms with Crippen molar-refractivity contribution in [3.8, 4) is 0 Å². The van der Waals surface area contributed by atoms with E-state index in [0.29, 0.717) is 19.6 Å². The molecular weight excluding hydrogens is 388 g/mol. The zero-order chi connectivity index (χ0) is 21.6. The second kappa shape index (κ2) is 10.2. The molecule has 0 unspecified atom stereocenters. The maximum atomic E-state index is 13.1. The van der Waals surface area contributed by atoms with Crippen molar-refractivity contribution in [2.75, 3.05) is 52.1 Å². The molecule has 7 heteroatoms. The van der Waals surface area contributed by atoms with Crippen molar-refractivity contribution in [2.24, 2.45) is 5.92 Å². The molecule has 1 aromatic carbocycles. The average molecular weight is 423 g/mol. The number of hydrogen-bond donors (Lipinski definition) is 1. The van der Waals surface area contributed by atoms with Crippen LogP contribution in [0.25, 0.3) is 0 Å². The van der Waals surface area contributed by atoms with E-state index < -0.39 is 0 Å². The van der Waals surface area contributed by atoms with E-state index in [9.17, 15) is 4.79 Å². The highest BCUT2D eigenvalue weighted by Gasteiger charge is 2.27. The number of rotatable bonds is 10. The number of hydrogen-bond acceptors (Lipinski definition) is 6. The summed E-state index contributed by atoms with van der Waals surface area (Å²) in [5, 5.41) is 3.44. The fourth-order valence-electron chi connectivity index (χ4n) is 4.16. The first-order chi connectivity index (χ1) is 15.1. The van der Waals surface area contributed by atoms with Gasteiger partial charge in [0.15, 0.2) is 0 Å². The molecule has 0 bridgehead atoms. The molecule has 1 aliphatic heterocycles. The molecule has 0 atom stereocenters. The van der Waals surface area contributed by atoms with E-state index in [-0.39, 0.29) is 5.91 Å². The summed E-state index contributed by atoms with van der Waals surface area (Å²) in [7, 11) is 4.04. The molecule has 1 N–H and O–H groups in total. The van der Waals surface area contributed by atoms with Crippen LogP contribution in [0.5, 0.6) is 0 Å². The van der Waals surface area contributed by atoms with Gasteiger partial charge in [-0.05, 0) is 62.5 Å². The van der Waals surface area contributed by atoms with Crippen molar-refractivity contribution in [1.82, 2.24) is 24.7 Å². The minimum absolute atomic E-state index is 0.0873. The molecule has 1 aliphatic carbocycles. The summed E-state index contributed by atoms with van der Waals surface area (Å²) < 4.78 is 0. The second-order valence-corrected chi connectivity index (χ2v) is 9.04. The largest absolute Gasteiger partial charge is 0.376 e. The third kappa shape index (κ3) is 6.24. The standard InChI is InChI=1S/C24H34N6O/c1-28(2)12-13-30(17-21-8-10-25-18-27-21)24(31)14-26-23-5-3-4-20-16-29(11-9-22(20)23)15-19-6-7-19/h3-5,8,10,18-19,26H,6-7,9,11-17H2,1-2H3. The average Bonchev–Trinajstić information content (AvgIpc) is 3.59. The Morgan fingerprint density at radius 2 is 2.10 bits per heavy atom. The summed E-state index contributed by atoms with van der Waals surface area (Å²) >= 11 is 0. The first-order valence-corrected chi connectivity index (χ1v) is 11.3. The number of benzene rings is 1. The van der Waals surface area contributed by atoms with E-state index >= 15 is 0 Å². The summed E-state index contributed by atoms with van der Waals surface area (Å²) in [6.45, 7) is 5.64. The summed E-state index contributed by atoms with van der Waals surface area (Å²) in [5.41, 5.74) is 4.73. The van der Waals surface area contributed by atoms with E-state index in [1.807, 2.05) is 25.1 Å². The van der Waals surface area contributed by atoms with Crippen LogP contribution in [0.4, 0.5) is 5.69 Å². The molecule has 2 aromatic rings. The smallest absolute Gasteiger partial charge is 0.242 e. The number of anilines is 1. The van der Waals surface area contributed by atoms with Gasteiger partial charge in [0, 0.05) is 44.6 Å². The number of carbonyl (C=O) groups excluding carboxylic acids is 1. The number of nitrogens with zero attached hydrogens (tertiary/aromatic N) is 5. The molecule has 0 saturated heterocycles. The van der Waals surface area contributed by atoms with Gasteiger partial charge in [-0.2, -0.15) is 0 Å². The Hall–Kier alpha value is -2.51. The number of fused-ring (bicyclic) bond motifs is 1. The van der Waals surface area contributed by atoms with Gasteiger partial charge in [-0.15, -0.1) is 0 Å². The molecule has 0 radical (unpaired) electrons. The predicted molar refractivity (Wildman–Crippen MR) is 123 cm³/mol. The van der Waals surface area contributed by atoms with Crippen LogP contribution in [0, 0.1) is 5.92 Å². The van der Waals surface area contributed by atoms with E-state index in [1.54, 1.807) is 6.20 Å².